The quantitative estimate of drug-likeness (QED) is 0.868. The fourth-order valence-corrected chi connectivity index (χ4v) is 3.27. The first kappa shape index (κ1) is 11.6. The van der Waals surface area contributed by atoms with Crippen LogP contribution in [0.5, 0.6) is 0 Å². The number of hydrogen-bond acceptors (Lipinski definition) is 2. The highest BCUT2D eigenvalue weighted by Crippen LogP contribution is 2.27. The van der Waals surface area contributed by atoms with Crippen LogP contribution in [0.3, 0.4) is 0 Å². The van der Waals surface area contributed by atoms with Gasteiger partial charge in [0.15, 0.2) is 0 Å². The molecular formula is C11H13BrClNS. The van der Waals surface area contributed by atoms with Gasteiger partial charge >= 0.3 is 0 Å². The minimum atomic E-state index is 0.624. The second-order valence-corrected chi connectivity index (χ2v) is 6.15. The molecule has 0 spiro atoms. The maximum absolute atomic E-state index is 5.95. The molecule has 1 aliphatic heterocycles. The Morgan fingerprint density at radius 1 is 1.33 bits per heavy atom. The topological polar surface area (TPSA) is 12.0 Å². The fraction of sp³-hybridized carbons (Fsp3) is 0.455. The molecule has 15 heavy (non-hydrogen) atoms. The van der Waals surface area contributed by atoms with Crippen molar-refractivity contribution in [3.8, 4) is 0 Å². The van der Waals surface area contributed by atoms with Crippen molar-refractivity contribution in [2.45, 2.75) is 18.9 Å². The normalized spacial score (nSPS) is 17.7. The Bertz CT molecular complexity index is 339. The van der Waals surface area contributed by atoms with Crippen molar-refractivity contribution in [1.82, 2.24) is 0 Å². The first-order valence-corrected chi connectivity index (χ1v) is 7.37. The second-order valence-electron chi connectivity index (χ2n) is 3.66. The van der Waals surface area contributed by atoms with Gasteiger partial charge in [-0.1, -0.05) is 11.6 Å². The van der Waals surface area contributed by atoms with Crippen LogP contribution in [0.1, 0.15) is 12.8 Å². The molecule has 0 radical (unpaired) electrons. The Balaban J connectivity index is 2.00. The number of rotatable bonds is 2. The molecule has 1 aromatic rings. The highest BCUT2D eigenvalue weighted by Gasteiger charge is 2.13. The number of halogens is 2. The van der Waals surface area contributed by atoms with Crippen molar-refractivity contribution in [2.24, 2.45) is 0 Å². The zero-order chi connectivity index (χ0) is 10.7. The maximum Gasteiger partial charge on any atom is 0.0549 e. The molecule has 1 aliphatic rings. The van der Waals surface area contributed by atoms with Crippen molar-refractivity contribution in [1.29, 1.82) is 0 Å². The van der Waals surface area contributed by atoms with E-state index in [4.69, 9.17) is 11.6 Å². The molecule has 0 unspecified atom stereocenters. The Morgan fingerprint density at radius 2 is 2.07 bits per heavy atom. The van der Waals surface area contributed by atoms with E-state index in [-0.39, 0.29) is 0 Å². The summed E-state index contributed by atoms with van der Waals surface area (Å²) in [6.07, 6.45) is 2.51. The lowest BCUT2D eigenvalue weighted by atomic mass is 10.1. The van der Waals surface area contributed by atoms with Gasteiger partial charge in [-0.25, -0.2) is 0 Å². The largest absolute Gasteiger partial charge is 0.382 e. The van der Waals surface area contributed by atoms with E-state index < -0.39 is 0 Å². The Labute approximate surface area is 108 Å². The van der Waals surface area contributed by atoms with Crippen molar-refractivity contribution in [3.05, 3.63) is 27.7 Å². The number of anilines is 1. The predicted octanol–water partition coefficient (Wildman–Crippen LogP) is 4.41. The van der Waals surface area contributed by atoms with Crippen LogP contribution in [-0.4, -0.2) is 17.5 Å². The van der Waals surface area contributed by atoms with Crippen molar-refractivity contribution < 1.29 is 0 Å². The minimum absolute atomic E-state index is 0.624. The van der Waals surface area contributed by atoms with E-state index in [0.717, 1.165) is 15.2 Å². The summed E-state index contributed by atoms with van der Waals surface area (Å²) in [6, 6.07) is 6.63. The van der Waals surface area contributed by atoms with Gasteiger partial charge in [0.2, 0.25) is 0 Å². The smallest absolute Gasteiger partial charge is 0.0549 e. The molecule has 0 amide bonds. The Kier molecular flexibility index (Phi) is 4.23. The maximum atomic E-state index is 5.95. The lowest BCUT2D eigenvalue weighted by Gasteiger charge is -2.23. The van der Waals surface area contributed by atoms with Crippen LogP contribution in [-0.2, 0) is 0 Å². The number of benzene rings is 1. The van der Waals surface area contributed by atoms with Gasteiger partial charge in [0.05, 0.1) is 5.02 Å². The van der Waals surface area contributed by atoms with Gasteiger partial charge in [-0.3, -0.25) is 0 Å². The van der Waals surface area contributed by atoms with E-state index >= 15 is 0 Å². The molecule has 1 nitrogen and oxygen atoms in total. The number of nitrogens with one attached hydrogen (secondary N) is 1. The molecule has 4 heteroatoms. The zero-order valence-electron chi connectivity index (χ0n) is 8.30. The average Bonchev–Trinajstić information content (AvgIpc) is 2.25. The summed E-state index contributed by atoms with van der Waals surface area (Å²) in [5.74, 6) is 2.54. The summed E-state index contributed by atoms with van der Waals surface area (Å²) in [4.78, 5) is 0. The molecule has 1 fully saturated rings. The Morgan fingerprint density at radius 3 is 2.73 bits per heavy atom. The molecule has 1 aromatic carbocycles. The third-order valence-corrected chi connectivity index (χ3v) is 4.77. The Hall–Kier alpha value is 0.140. The van der Waals surface area contributed by atoms with Crippen LogP contribution >= 0.6 is 39.3 Å². The molecule has 1 heterocycles. The molecule has 0 aromatic heterocycles. The fourth-order valence-electron chi connectivity index (χ4n) is 1.66. The van der Waals surface area contributed by atoms with Crippen LogP contribution in [0.15, 0.2) is 22.7 Å². The molecule has 1 saturated heterocycles. The van der Waals surface area contributed by atoms with E-state index in [2.05, 4.69) is 21.2 Å². The number of hydrogen-bond donors (Lipinski definition) is 1. The van der Waals surface area contributed by atoms with E-state index in [9.17, 15) is 0 Å². The van der Waals surface area contributed by atoms with Gasteiger partial charge in [-0.05, 0) is 58.5 Å². The summed E-state index contributed by atoms with van der Waals surface area (Å²) in [5.41, 5.74) is 1.16. The summed E-state index contributed by atoms with van der Waals surface area (Å²) < 4.78 is 0.958. The van der Waals surface area contributed by atoms with Gasteiger partial charge in [0, 0.05) is 16.2 Å². The molecule has 0 aliphatic carbocycles. The van der Waals surface area contributed by atoms with Crippen LogP contribution in [0.25, 0.3) is 0 Å². The molecular weight excluding hydrogens is 294 g/mol. The SMILES string of the molecule is Clc1ccc(NC2CCSCC2)cc1Br. The summed E-state index contributed by atoms with van der Waals surface area (Å²) >= 11 is 11.4. The first-order valence-electron chi connectivity index (χ1n) is 5.05. The molecule has 0 bridgehead atoms. The molecule has 0 saturated carbocycles. The van der Waals surface area contributed by atoms with Crippen molar-refractivity contribution >= 4 is 45.0 Å². The van der Waals surface area contributed by atoms with Crippen LogP contribution in [0, 0.1) is 0 Å². The van der Waals surface area contributed by atoms with E-state index in [1.807, 2.05) is 30.0 Å². The predicted molar refractivity (Wildman–Crippen MR) is 73.1 cm³/mol. The van der Waals surface area contributed by atoms with E-state index in [1.165, 1.54) is 24.3 Å². The summed E-state index contributed by atoms with van der Waals surface area (Å²) in [6.45, 7) is 0. The first-order chi connectivity index (χ1) is 7.25. The zero-order valence-corrected chi connectivity index (χ0v) is 11.5. The average molecular weight is 307 g/mol. The monoisotopic (exact) mass is 305 g/mol. The van der Waals surface area contributed by atoms with Gasteiger partial charge in [0.1, 0.15) is 0 Å². The lowest BCUT2D eigenvalue weighted by molar-refractivity contribution is 0.667. The molecule has 82 valence electrons. The summed E-state index contributed by atoms with van der Waals surface area (Å²) in [5, 5.41) is 4.31. The van der Waals surface area contributed by atoms with Gasteiger partial charge in [-0.2, -0.15) is 11.8 Å². The molecule has 2 rings (SSSR count). The summed E-state index contributed by atoms with van der Waals surface area (Å²) in [7, 11) is 0. The van der Waals surface area contributed by atoms with Gasteiger partial charge in [-0.15, -0.1) is 0 Å². The van der Waals surface area contributed by atoms with Crippen LogP contribution in [0.4, 0.5) is 5.69 Å². The van der Waals surface area contributed by atoms with Gasteiger partial charge < -0.3 is 5.32 Å². The molecule has 1 N–H and O–H groups in total. The number of thioether (sulfide) groups is 1. The third kappa shape index (κ3) is 3.30. The molecule has 0 atom stereocenters. The van der Waals surface area contributed by atoms with Crippen molar-refractivity contribution in [2.75, 3.05) is 16.8 Å². The third-order valence-electron chi connectivity index (χ3n) is 2.51. The van der Waals surface area contributed by atoms with E-state index in [1.54, 1.807) is 0 Å². The van der Waals surface area contributed by atoms with Crippen LogP contribution in [0.2, 0.25) is 5.02 Å². The highest BCUT2D eigenvalue weighted by atomic mass is 79.9. The highest BCUT2D eigenvalue weighted by molar-refractivity contribution is 9.10. The van der Waals surface area contributed by atoms with Crippen LogP contribution < -0.4 is 5.32 Å². The minimum Gasteiger partial charge on any atom is -0.382 e. The van der Waals surface area contributed by atoms with E-state index in [0.29, 0.717) is 6.04 Å². The van der Waals surface area contributed by atoms with Gasteiger partial charge in [0.25, 0.3) is 0 Å². The lowest BCUT2D eigenvalue weighted by Crippen LogP contribution is -2.24. The standard InChI is InChI=1S/C11H13BrClNS/c12-10-7-9(1-2-11(10)13)14-8-3-5-15-6-4-8/h1-2,7-8,14H,3-6H2. The van der Waals surface area contributed by atoms with Crippen molar-refractivity contribution in [3.63, 3.8) is 0 Å². The second kappa shape index (κ2) is 5.46.